The second-order valence-electron chi connectivity index (χ2n) is 7.51. The van der Waals surface area contributed by atoms with E-state index < -0.39 is 11.6 Å². The first-order valence-corrected chi connectivity index (χ1v) is 9.85. The number of phenolic OH excluding ortho intramolecular Hbond substituents is 1. The fourth-order valence-electron chi connectivity index (χ4n) is 3.07. The van der Waals surface area contributed by atoms with E-state index in [9.17, 15) is 14.7 Å². The molecule has 0 atom stereocenters. The first kappa shape index (κ1) is 22.3. The number of nitrogens with one attached hydrogen (secondary N) is 3. The lowest BCUT2D eigenvalue weighted by Crippen LogP contribution is -2.38. The Labute approximate surface area is 184 Å². The maximum atomic E-state index is 13.1. The number of amidine groups is 1. The monoisotopic (exact) mass is 435 g/mol. The van der Waals surface area contributed by atoms with Crippen molar-refractivity contribution < 1.29 is 9.90 Å². The van der Waals surface area contributed by atoms with Crippen LogP contribution >= 0.6 is 0 Å². The molecule has 0 aliphatic heterocycles. The van der Waals surface area contributed by atoms with Crippen LogP contribution in [0.3, 0.4) is 0 Å². The molecule has 10 nitrogen and oxygen atoms in total. The summed E-state index contributed by atoms with van der Waals surface area (Å²) in [6.45, 7) is 3.83. The van der Waals surface area contributed by atoms with E-state index in [0.717, 1.165) is 10.1 Å². The molecule has 0 aliphatic carbocycles. The number of nitrogens with zero attached hydrogens (tertiary/aromatic N) is 2. The zero-order valence-electron chi connectivity index (χ0n) is 17.7. The second kappa shape index (κ2) is 9.21. The quantitative estimate of drug-likeness (QED) is 0.195. The number of benzene rings is 2. The molecule has 0 radical (unpaired) electrons. The fourth-order valence-corrected chi connectivity index (χ4v) is 3.07. The third kappa shape index (κ3) is 5.04. The van der Waals surface area contributed by atoms with Gasteiger partial charge in [-0.05, 0) is 31.5 Å². The number of phenols is 1. The molecule has 32 heavy (non-hydrogen) atoms. The number of carbonyl (C=O) groups is 1. The van der Waals surface area contributed by atoms with E-state index in [2.05, 4.69) is 15.6 Å². The highest BCUT2D eigenvalue weighted by Gasteiger charge is 2.19. The normalized spacial score (nSPS) is 10.7. The molecular weight excluding hydrogens is 410 g/mol. The van der Waals surface area contributed by atoms with Gasteiger partial charge in [0.05, 0.1) is 11.9 Å². The van der Waals surface area contributed by atoms with Gasteiger partial charge in [0.2, 0.25) is 0 Å². The van der Waals surface area contributed by atoms with Crippen molar-refractivity contribution in [2.24, 2.45) is 5.73 Å². The molecule has 0 fully saturated rings. The SMILES string of the molecule is CC(C)Nc1ncc(-c2cc(N)cc(O)c2)n(C(=O)NCc2ccc(C(=N)N)cc2)c1=O. The number of nitrogens with two attached hydrogens (primary N) is 2. The van der Waals surface area contributed by atoms with Crippen molar-refractivity contribution in [3.63, 3.8) is 0 Å². The number of hydrogen-bond acceptors (Lipinski definition) is 7. The Bertz CT molecular complexity index is 1200. The van der Waals surface area contributed by atoms with Crippen LogP contribution in [-0.2, 0) is 6.54 Å². The first-order chi connectivity index (χ1) is 15.2. The molecule has 1 aromatic heterocycles. The lowest BCUT2D eigenvalue weighted by Gasteiger charge is -2.16. The van der Waals surface area contributed by atoms with Gasteiger partial charge in [0, 0.05) is 35.5 Å². The second-order valence-corrected chi connectivity index (χ2v) is 7.51. The summed E-state index contributed by atoms with van der Waals surface area (Å²) in [5, 5.41) is 23.0. The zero-order valence-corrected chi connectivity index (χ0v) is 17.7. The van der Waals surface area contributed by atoms with Crippen LogP contribution < -0.4 is 27.7 Å². The van der Waals surface area contributed by atoms with Crippen molar-refractivity contribution in [2.45, 2.75) is 26.4 Å². The molecule has 1 heterocycles. The van der Waals surface area contributed by atoms with Crippen LogP contribution in [0.1, 0.15) is 25.0 Å². The van der Waals surface area contributed by atoms with Crippen molar-refractivity contribution in [1.29, 1.82) is 5.41 Å². The molecule has 10 heteroatoms. The van der Waals surface area contributed by atoms with Crippen molar-refractivity contribution in [1.82, 2.24) is 14.9 Å². The molecule has 0 unspecified atom stereocenters. The van der Waals surface area contributed by atoms with Gasteiger partial charge in [0.1, 0.15) is 11.6 Å². The predicted octanol–water partition coefficient (Wildman–Crippen LogP) is 2.06. The van der Waals surface area contributed by atoms with Gasteiger partial charge in [-0.3, -0.25) is 10.2 Å². The van der Waals surface area contributed by atoms with Gasteiger partial charge >= 0.3 is 11.6 Å². The highest BCUT2D eigenvalue weighted by atomic mass is 16.3. The summed E-state index contributed by atoms with van der Waals surface area (Å²) in [6, 6.07) is 10.4. The minimum absolute atomic E-state index is 0.0258. The summed E-state index contributed by atoms with van der Waals surface area (Å²) in [5.74, 6) is -0.128. The van der Waals surface area contributed by atoms with Crippen molar-refractivity contribution in [3.05, 3.63) is 70.1 Å². The Hall–Kier alpha value is -4.34. The Morgan fingerprint density at radius 2 is 1.91 bits per heavy atom. The molecule has 0 aliphatic rings. The summed E-state index contributed by atoms with van der Waals surface area (Å²) in [6.07, 6.45) is 1.38. The van der Waals surface area contributed by atoms with Crippen LogP contribution in [0.2, 0.25) is 0 Å². The summed E-state index contributed by atoms with van der Waals surface area (Å²) < 4.78 is 0.954. The van der Waals surface area contributed by atoms with E-state index in [1.807, 2.05) is 13.8 Å². The van der Waals surface area contributed by atoms with E-state index in [1.165, 1.54) is 24.4 Å². The maximum absolute atomic E-state index is 13.1. The fraction of sp³-hybridized carbons (Fsp3) is 0.182. The van der Waals surface area contributed by atoms with Gasteiger partial charge in [0.15, 0.2) is 5.82 Å². The molecule has 2 aromatic carbocycles. The van der Waals surface area contributed by atoms with Crippen LogP contribution in [0.25, 0.3) is 11.3 Å². The number of rotatable bonds is 6. The molecule has 8 N–H and O–H groups in total. The van der Waals surface area contributed by atoms with Crippen LogP contribution in [0.4, 0.5) is 16.3 Å². The number of aromatic nitrogens is 2. The topological polar surface area (TPSA) is 172 Å². The van der Waals surface area contributed by atoms with E-state index in [4.69, 9.17) is 16.9 Å². The molecule has 0 spiro atoms. The van der Waals surface area contributed by atoms with Gasteiger partial charge in [-0.1, -0.05) is 24.3 Å². The highest BCUT2D eigenvalue weighted by molar-refractivity contribution is 5.94. The lowest BCUT2D eigenvalue weighted by atomic mass is 10.1. The Kier molecular flexibility index (Phi) is 6.43. The standard InChI is InChI=1S/C22H25N7O3/c1-12(2)28-20-21(31)29(18(11-26-20)15-7-16(23)9-17(30)8-15)22(32)27-10-13-3-5-14(6-4-13)19(24)25/h3-9,11-12,30H,10,23H2,1-2H3,(H3,24,25)(H,26,28)(H,27,32). The summed E-state index contributed by atoms with van der Waals surface area (Å²) in [4.78, 5) is 30.3. The lowest BCUT2D eigenvalue weighted by molar-refractivity contribution is 0.241. The molecule has 3 aromatic rings. The first-order valence-electron chi connectivity index (χ1n) is 9.85. The predicted molar refractivity (Wildman–Crippen MR) is 124 cm³/mol. The summed E-state index contributed by atoms with van der Waals surface area (Å²) in [7, 11) is 0. The molecule has 166 valence electrons. The number of nitrogen functional groups attached to an aromatic ring is 2. The minimum atomic E-state index is -0.670. The van der Waals surface area contributed by atoms with Crippen LogP contribution in [0.15, 0.2) is 53.5 Å². The highest BCUT2D eigenvalue weighted by Crippen LogP contribution is 2.26. The number of aromatic hydroxyl groups is 1. The number of amides is 1. The molecule has 0 saturated heterocycles. The summed E-state index contributed by atoms with van der Waals surface area (Å²) >= 11 is 0. The van der Waals surface area contributed by atoms with Crippen molar-refractivity contribution >= 4 is 23.4 Å². The van der Waals surface area contributed by atoms with Gasteiger partial charge < -0.3 is 27.2 Å². The Morgan fingerprint density at radius 1 is 1.22 bits per heavy atom. The van der Waals surface area contributed by atoms with E-state index >= 15 is 0 Å². The molecule has 0 bridgehead atoms. The van der Waals surface area contributed by atoms with Gasteiger partial charge in [-0.15, -0.1) is 0 Å². The largest absolute Gasteiger partial charge is 0.508 e. The van der Waals surface area contributed by atoms with E-state index in [-0.39, 0.29) is 41.4 Å². The average molecular weight is 435 g/mol. The van der Waals surface area contributed by atoms with Crippen LogP contribution in [-0.4, -0.2) is 32.6 Å². The van der Waals surface area contributed by atoms with Crippen molar-refractivity contribution in [2.75, 3.05) is 11.1 Å². The van der Waals surface area contributed by atoms with Gasteiger partial charge in [-0.25, -0.2) is 14.3 Å². The minimum Gasteiger partial charge on any atom is -0.508 e. The average Bonchev–Trinajstić information content (AvgIpc) is 2.72. The van der Waals surface area contributed by atoms with Gasteiger partial charge in [-0.2, -0.15) is 0 Å². The van der Waals surface area contributed by atoms with Crippen LogP contribution in [0.5, 0.6) is 5.75 Å². The third-order valence-electron chi connectivity index (χ3n) is 4.54. The van der Waals surface area contributed by atoms with Crippen LogP contribution in [0, 0.1) is 5.41 Å². The van der Waals surface area contributed by atoms with Gasteiger partial charge in [0.25, 0.3) is 0 Å². The van der Waals surface area contributed by atoms with Crippen molar-refractivity contribution in [3.8, 4) is 17.0 Å². The molecular formula is C22H25N7O3. The number of carbonyl (C=O) groups excluding carboxylic acids is 1. The Morgan fingerprint density at radius 3 is 2.50 bits per heavy atom. The van der Waals surface area contributed by atoms with E-state index in [0.29, 0.717) is 11.1 Å². The zero-order chi connectivity index (χ0) is 23.4. The number of hydrogen-bond donors (Lipinski definition) is 6. The maximum Gasteiger partial charge on any atom is 0.329 e. The smallest absolute Gasteiger partial charge is 0.329 e. The third-order valence-corrected chi connectivity index (χ3v) is 4.54. The van der Waals surface area contributed by atoms with E-state index in [1.54, 1.807) is 24.3 Å². The number of anilines is 2. The molecule has 0 saturated carbocycles. The summed E-state index contributed by atoms with van der Waals surface area (Å²) in [5.41, 5.74) is 12.8. The molecule has 3 rings (SSSR count). The Balaban J connectivity index is 1.98. The molecule has 1 amide bonds.